The van der Waals surface area contributed by atoms with Crippen LogP contribution in [0, 0.1) is 0 Å². The fourth-order valence-corrected chi connectivity index (χ4v) is 5.36. The number of thioether (sulfide) groups is 1. The standard InChI is InChI=1S/C18H19N5OS3/c1-11(19-6-9-26-18-20-5-7-23(18)2)15-21-16(24)14-12(10-27-17(14)22-15)13-4-3-8-25-13/h3-5,7-8,10-11,19H,6,9H2,1-2H3,(H,21,22,24). The van der Waals surface area contributed by atoms with E-state index in [2.05, 4.69) is 15.3 Å². The van der Waals surface area contributed by atoms with Crippen molar-refractivity contribution in [3.63, 3.8) is 0 Å². The van der Waals surface area contributed by atoms with E-state index in [4.69, 9.17) is 4.98 Å². The zero-order valence-corrected chi connectivity index (χ0v) is 17.4. The molecule has 0 saturated carbocycles. The van der Waals surface area contributed by atoms with Crippen LogP contribution >= 0.6 is 34.4 Å². The molecule has 0 bridgehead atoms. The molecule has 0 aliphatic carbocycles. The minimum atomic E-state index is -0.0734. The van der Waals surface area contributed by atoms with Crippen molar-refractivity contribution in [2.24, 2.45) is 7.05 Å². The van der Waals surface area contributed by atoms with Gasteiger partial charge in [-0.05, 0) is 18.4 Å². The summed E-state index contributed by atoms with van der Waals surface area (Å²) in [7, 11) is 1.99. The number of nitrogens with one attached hydrogen (secondary N) is 2. The van der Waals surface area contributed by atoms with Crippen molar-refractivity contribution in [1.29, 1.82) is 0 Å². The maximum atomic E-state index is 12.7. The first-order valence-electron chi connectivity index (χ1n) is 8.52. The Hall–Kier alpha value is -1.94. The lowest BCUT2D eigenvalue weighted by Gasteiger charge is -2.13. The van der Waals surface area contributed by atoms with Crippen LogP contribution in [0.2, 0.25) is 0 Å². The third-order valence-corrected chi connectivity index (χ3v) is 7.05. The Morgan fingerprint density at radius 2 is 2.30 bits per heavy atom. The van der Waals surface area contributed by atoms with Crippen LogP contribution in [0.25, 0.3) is 20.7 Å². The summed E-state index contributed by atoms with van der Waals surface area (Å²) in [6.07, 6.45) is 3.74. The van der Waals surface area contributed by atoms with E-state index in [1.165, 1.54) is 11.3 Å². The normalized spacial score (nSPS) is 12.7. The number of rotatable bonds is 7. The number of fused-ring (bicyclic) bond motifs is 1. The molecule has 140 valence electrons. The molecule has 2 N–H and O–H groups in total. The van der Waals surface area contributed by atoms with Gasteiger partial charge in [0.25, 0.3) is 5.56 Å². The van der Waals surface area contributed by atoms with Crippen LogP contribution in [-0.4, -0.2) is 31.8 Å². The molecule has 0 aliphatic heterocycles. The van der Waals surface area contributed by atoms with Crippen LogP contribution in [0.15, 0.2) is 45.2 Å². The average Bonchev–Trinajstić information content (AvgIpc) is 3.39. The topological polar surface area (TPSA) is 75.6 Å². The second-order valence-electron chi connectivity index (χ2n) is 6.10. The van der Waals surface area contributed by atoms with Crippen molar-refractivity contribution in [3.8, 4) is 10.4 Å². The smallest absolute Gasteiger partial charge is 0.260 e. The largest absolute Gasteiger partial charge is 0.329 e. The first kappa shape index (κ1) is 18.4. The number of thiophene rings is 2. The number of hydrogen-bond acceptors (Lipinski definition) is 7. The lowest BCUT2D eigenvalue weighted by molar-refractivity contribution is 0.569. The quantitative estimate of drug-likeness (QED) is 0.352. The third kappa shape index (κ3) is 3.86. The summed E-state index contributed by atoms with van der Waals surface area (Å²) in [5.74, 6) is 1.57. The van der Waals surface area contributed by atoms with Crippen molar-refractivity contribution < 1.29 is 0 Å². The van der Waals surface area contributed by atoms with Crippen molar-refractivity contribution in [2.45, 2.75) is 18.1 Å². The van der Waals surface area contributed by atoms with Crippen LogP contribution in [0.1, 0.15) is 18.8 Å². The number of nitrogens with zero attached hydrogens (tertiary/aromatic N) is 3. The highest BCUT2D eigenvalue weighted by atomic mass is 32.2. The second kappa shape index (κ2) is 7.97. The Kier molecular flexibility index (Phi) is 5.44. The molecular weight excluding hydrogens is 398 g/mol. The van der Waals surface area contributed by atoms with Crippen LogP contribution in [0.3, 0.4) is 0 Å². The highest BCUT2D eigenvalue weighted by molar-refractivity contribution is 7.99. The van der Waals surface area contributed by atoms with Gasteiger partial charge in [0.2, 0.25) is 0 Å². The Morgan fingerprint density at radius 1 is 1.41 bits per heavy atom. The van der Waals surface area contributed by atoms with Crippen LogP contribution in [0.5, 0.6) is 0 Å². The molecule has 0 spiro atoms. The van der Waals surface area contributed by atoms with Gasteiger partial charge < -0.3 is 14.9 Å². The summed E-state index contributed by atoms with van der Waals surface area (Å²) >= 11 is 4.85. The van der Waals surface area contributed by atoms with Crippen molar-refractivity contribution >= 4 is 44.7 Å². The Balaban J connectivity index is 1.45. The van der Waals surface area contributed by atoms with Crippen molar-refractivity contribution in [2.75, 3.05) is 12.3 Å². The van der Waals surface area contributed by atoms with Gasteiger partial charge in [-0.3, -0.25) is 4.79 Å². The van der Waals surface area contributed by atoms with E-state index in [9.17, 15) is 4.79 Å². The van der Waals surface area contributed by atoms with Gasteiger partial charge in [0.1, 0.15) is 10.7 Å². The van der Waals surface area contributed by atoms with Crippen LogP contribution in [0.4, 0.5) is 0 Å². The molecule has 4 rings (SSSR count). The molecule has 4 aromatic rings. The second-order valence-corrected chi connectivity index (χ2v) is 8.97. The lowest BCUT2D eigenvalue weighted by atomic mass is 10.2. The molecule has 1 atom stereocenters. The van der Waals surface area contributed by atoms with Crippen LogP contribution < -0.4 is 10.9 Å². The Labute approximate surface area is 168 Å². The molecule has 4 aromatic heterocycles. The molecule has 0 fully saturated rings. The number of hydrogen-bond donors (Lipinski definition) is 2. The lowest BCUT2D eigenvalue weighted by Crippen LogP contribution is -2.25. The fourth-order valence-electron chi connectivity index (χ4n) is 2.79. The Morgan fingerprint density at radius 3 is 3.04 bits per heavy atom. The minimum absolute atomic E-state index is 0.0311. The highest BCUT2D eigenvalue weighted by Gasteiger charge is 2.16. The van der Waals surface area contributed by atoms with Gasteiger partial charge in [0, 0.05) is 47.6 Å². The summed E-state index contributed by atoms with van der Waals surface area (Å²) in [5, 5.41) is 9.14. The molecular formula is C18H19N5OS3. The van der Waals surface area contributed by atoms with Crippen LogP contribution in [-0.2, 0) is 7.05 Å². The number of aryl methyl sites for hydroxylation is 1. The molecule has 0 aliphatic rings. The van der Waals surface area contributed by atoms with Gasteiger partial charge in [-0.25, -0.2) is 9.97 Å². The SMILES string of the molecule is CC(NCCSc1nccn1C)c1nc2scc(-c3cccs3)c2c(=O)[nH]1. The molecule has 0 aromatic carbocycles. The zero-order chi connectivity index (χ0) is 18.8. The summed E-state index contributed by atoms with van der Waals surface area (Å²) in [6.45, 7) is 2.81. The first-order valence-corrected chi connectivity index (χ1v) is 11.3. The monoisotopic (exact) mass is 417 g/mol. The molecule has 6 nitrogen and oxygen atoms in total. The van der Waals surface area contributed by atoms with Crippen molar-refractivity contribution in [1.82, 2.24) is 24.8 Å². The number of H-pyrrole nitrogens is 1. The van der Waals surface area contributed by atoms with E-state index in [1.807, 2.05) is 47.6 Å². The first-order chi connectivity index (χ1) is 13.1. The molecule has 0 saturated heterocycles. The van der Waals surface area contributed by atoms with Gasteiger partial charge in [0.05, 0.1) is 11.4 Å². The molecule has 9 heteroatoms. The fraction of sp³-hybridized carbons (Fsp3) is 0.278. The number of imidazole rings is 1. The third-order valence-electron chi connectivity index (χ3n) is 4.22. The minimum Gasteiger partial charge on any atom is -0.329 e. The van der Waals surface area contributed by atoms with E-state index in [-0.39, 0.29) is 11.6 Å². The zero-order valence-electron chi connectivity index (χ0n) is 14.9. The van der Waals surface area contributed by atoms with Gasteiger partial charge in [-0.15, -0.1) is 22.7 Å². The van der Waals surface area contributed by atoms with E-state index < -0.39 is 0 Å². The van der Waals surface area contributed by atoms with E-state index >= 15 is 0 Å². The van der Waals surface area contributed by atoms with Crippen molar-refractivity contribution in [3.05, 3.63) is 51.5 Å². The number of aromatic amines is 1. The highest BCUT2D eigenvalue weighted by Crippen LogP contribution is 2.33. The summed E-state index contributed by atoms with van der Waals surface area (Å²) < 4.78 is 2.00. The van der Waals surface area contributed by atoms with E-state index in [0.717, 1.165) is 32.7 Å². The molecule has 0 amide bonds. The number of aromatic nitrogens is 4. The maximum absolute atomic E-state index is 12.7. The predicted octanol–water partition coefficient (Wildman–Crippen LogP) is 3.89. The molecule has 0 radical (unpaired) electrons. The predicted molar refractivity (Wildman–Crippen MR) is 114 cm³/mol. The maximum Gasteiger partial charge on any atom is 0.260 e. The van der Waals surface area contributed by atoms with Gasteiger partial charge >= 0.3 is 0 Å². The molecule has 27 heavy (non-hydrogen) atoms. The average molecular weight is 418 g/mol. The Bertz CT molecular complexity index is 1100. The van der Waals surface area contributed by atoms with E-state index in [1.54, 1.807) is 29.3 Å². The summed E-state index contributed by atoms with van der Waals surface area (Å²) in [4.78, 5) is 26.5. The molecule has 4 heterocycles. The molecule has 1 unspecified atom stereocenters. The summed E-state index contributed by atoms with van der Waals surface area (Å²) in [5.41, 5.74) is 0.896. The van der Waals surface area contributed by atoms with Gasteiger partial charge in [-0.1, -0.05) is 17.8 Å². The summed E-state index contributed by atoms with van der Waals surface area (Å²) in [6, 6.07) is 3.99. The van der Waals surface area contributed by atoms with Gasteiger partial charge in [0.15, 0.2) is 5.16 Å². The van der Waals surface area contributed by atoms with Gasteiger partial charge in [-0.2, -0.15) is 0 Å². The van der Waals surface area contributed by atoms with E-state index in [0.29, 0.717) is 11.2 Å².